The number of amides is 1. The molecule has 1 saturated heterocycles. The van der Waals surface area contributed by atoms with Crippen molar-refractivity contribution in [3.63, 3.8) is 0 Å². The summed E-state index contributed by atoms with van der Waals surface area (Å²) in [6, 6.07) is 2.66. The minimum absolute atomic E-state index is 0.187. The number of hydrogen-bond acceptors (Lipinski definition) is 4. The largest absolute Gasteiger partial charge is 0.481 e. The van der Waals surface area contributed by atoms with Gasteiger partial charge in [-0.15, -0.1) is 0 Å². The summed E-state index contributed by atoms with van der Waals surface area (Å²) in [4.78, 5) is 13.5. The van der Waals surface area contributed by atoms with Gasteiger partial charge in [0.15, 0.2) is 18.2 Å². The van der Waals surface area contributed by atoms with Crippen LogP contribution in [0.25, 0.3) is 0 Å². The second-order valence-corrected chi connectivity index (χ2v) is 7.19. The lowest BCUT2D eigenvalue weighted by atomic mass is 10.1. The lowest BCUT2D eigenvalue weighted by molar-refractivity contribution is -0.134. The molecule has 0 unspecified atom stereocenters. The van der Waals surface area contributed by atoms with Crippen LogP contribution in [0.5, 0.6) is 5.75 Å². The summed E-state index contributed by atoms with van der Waals surface area (Å²) in [5.41, 5.74) is 0. The number of halogens is 2. The molecule has 23 heavy (non-hydrogen) atoms. The van der Waals surface area contributed by atoms with Gasteiger partial charge in [-0.2, -0.15) is 0 Å². The Bertz CT molecular complexity index is 673. The third-order valence-electron chi connectivity index (χ3n) is 3.47. The first-order chi connectivity index (χ1) is 10.7. The quantitative estimate of drug-likeness (QED) is 0.857. The number of ether oxygens (including phenoxy) is 1. The van der Waals surface area contributed by atoms with E-state index in [1.165, 1.54) is 4.90 Å². The average Bonchev–Trinajstić information content (AvgIpc) is 2.45. The second-order valence-electron chi connectivity index (χ2n) is 5.41. The highest BCUT2D eigenvalue weighted by atomic mass is 32.2. The number of sulfonamides is 1. The first-order valence-corrected chi connectivity index (χ1v) is 8.96. The van der Waals surface area contributed by atoms with Gasteiger partial charge in [0.05, 0.1) is 6.26 Å². The average molecular weight is 348 g/mol. The van der Waals surface area contributed by atoms with E-state index in [9.17, 15) is 22.0 Å². The van der Waals surface area contributed by atoms with Crippen LogP contribution in [0.2, 0.25) is 0 Å². The smallest absolute Gasteiger partial charge is 0.260 e. The van der Waals surface area contributed by atoms with Crippen LogP contribution in [0.4, 0.5) is 8.78 Å². The molecule has 0 bridgehead atoms. The van der Waals surface area contributed by atoms with Gasteiger partial charge in [-0.25, -0.2) is 21.9 Å². The Labute approximate surface area is 133 Å². The van der Waals surface area contributed by atoms with Crippen molar-refractivity contribution >= 4 is 15.9 Å². The standard InChI is InChI=1S/C14H18F2N2O4S/c1-23(20,21)17-11-4-6-18(7-5-11)14(19)9-22-13-3-2-10(15)8-12(13)16/h2-3,8,11,17H,4-7,9H2,1H3. The van der Waals surface area contributed by atoms with E-state index in [0.717, 1.165) is 18.4 Å². The number of carbonyl (C=O) groups is 1. The van der Waals surface area contributed by atoms with Crippen LogP contribution < -0.4 is 9.46 Å². The number of piperidine rings is 1. The molecule has 0 spiro atoms. The van der Waals surface area contributed by atoms with E-state index in [0.29, 0.717) is 32.0 Å². The molecule has 1 aromatic carbocycles. The lowest BCUT2D eigenvalue weighted by Crippen LogP contribution is -2.47. The molecule has 1 aliphatic rings. The van der Waals surface area contributed by atoms with Crippen LogP contribution in [-0.4, -0.2) is 51.2 Å². The number of hydrogen-bond donors (Lipinski definition) is 1. The monoisotopic (exact) mass is 348 g/mol. The fraction of sp³-hybridized carbons (Fsp3) is 0.500. The van der Waals surface area contributed by atoms with Crippen molar-refractivity contribution in [3.05, 3.63) is 29.8 Å². The number of nitrogens with one attached hydrogen (secondary N) is 1. The van der Waals surface area contributed by atoms with E-state index in [-0.39, 0.29) is 24.3 Å². The highest BCUT2D eigenvalue weighted by Crippen LogP contribution is 2.18. The first-order valence-electron chi connectivity index (χ1n) is 7.07. The zero-order chi connectivity index (χ0) is 17.0. The summed E-state index contributed by atoms with van der Waals surface area (Å²) >= 11 is 0. The van der Waals surface area contributed by atoms with E-state index < -0.39 is 21.7 Å². The van der Waals surface area contributed by atoms with E-state index in [1.807, 2.05) is 0 Å². The zero-order valence-electron chi connectivity index (χ0n) is 12.6. The molecule has 1 aliphatic heterocycles. The van der Waals surface area contributed by atoms with E-state index in [2.05, 4.69) is 4.72 Å². The van der Waals surface area contributed by atoms with Crippen LogP contribution >= 0.6 is 0 Å². The molecule has 1 fully saturated rings. The van der Waals surface area contributed by atoms with E-state index >= 15 is 0 Å². The Morgan fingerprint density at radius 2 is 2.00 bits per heavy atom. The van der Waals surface area contributed by atoms with Crippen molar-refractivity contribution in [1.29, 1.82) is 0 Å². The summed E-state index contributed by atoms with van der Waals surface area (Å²) in [6.45, 7) is 0.426. The van der Waals surface area contributed by atoms with Gasteiger partial charge in [0, 0.05) is 25.2 Å². The van der Waals surface area contributed by atoms with Crippen molar-refractivity contribution in [2.24, 2.45) is 0 Å². The predicted molar refractivity (Wildman–Crippen MR) is 79.4 cm³/mol. The molecule has 1 aromatic rings. The summed E-state index contributed by atoms with van der Waals surface area (Å²) in [6.07, 6.45) is 2.10. The van der Waals surface area contributed by atoms with Crippen LogP contribution in [0.3, 0.4) is 0 Å². The Hall–Kier alpha value is -1.74. The maximum atomic E-state index is 13.4. The normalized spacial score (nSPS) is 16.4. The molecule has 0 saturated carbocycles. The summed E-state index contributed by atoms with van der Waals surface area (Å²) in [5, 5.41) is 0. The molecule has 1 amide bonds. The molecule has 6 nitrogen and oxygen atoms in total. The molecule has 0 aliphatic carbocycles. The number of benzene rings is 1. The van der Waals surface area contributed by atoms with E-state index in [4.69, 9.17) is 4.74 Å². The molecule has 2 rings (SSSR count). The second kappa shape index (κ2) is 7.22. The Morgan fingerprint density at radius 1 is 1.35 bits per heavy atom. The van der Waals surface area contributed by atoms with Gasteiger partial charge < -0.3 is 9.64 Å². The van der Waals surface area contributed by atoms with Crippen LogP contribution in [-0.2, 0) is 14.8 Å². The summed E-state index contributed by atoms with van der Waals surface area (Å²) in [7, 11) is -3.27. The van der Waals surface area contributed by atoms with Gasteiger partial charge in [-0.05, 0) is 25.0 Å². The summed E-state index contributed by atoms with van der Waals surface area (Å²) < 4.78 is 56.1. The lowest BCUT2D eigenvalue weighted by Gasteiger charge is -2.31. The van der Waals surface area contributed by atoms with Gasteiger partial charge in [-0.3, -0.25) is 4.79 Å². The number of carbonyl (C=O) groups excluding carboxylic acids is 1. The van der Waals surface area contributed by atoms with Crippen molar-refractivity contribution in [2.75, 3.05) is 26.0 Å². The Balaban J connectivity index is 1.81. The molecule has 0 radical (unpaired) electrons. The van der Waals surface area contributed by atoms with E-state index in [1.54, 1.807) is 0 Å². The number of likely N-dealkylation sites (tertiary alicyclic amines) is 1. The van der Waals surface area contributed by atoms with Crippen molar-refractivity contribution in [2.45, 2.75) is 18.9 Å². The molecule has 0 atom stereocenters. The van der Waals surface area contributed by atoms with Crippen molar-refractivity contribution < 1.29 is 26.7 Å². The third-order valence-corrected chi connectivity index (χ3v) is 4.23. The minimum Gasteiger partial charge on any atom is -0.481 e. The molecule has 9 heteroatoms. The molecule has 0 aromatic heterocycles. The Kier molecular flexibility index (Phi) is 5.53. The summed E-state index contributed by atoms with van der Waals surface area (Å²) in [5.74, 6) is -2.10. The van der Waals surface area contributed by atoms with Gasteiger partial charge in [0.2, 0.25) is 10.0 Å². The number of nitrogens with zero attached hydrogens (tertiary/aromatic N) is 1. The SMILES string of the molecule is CS(=O)(=O)NC1CCN(C(=O)COc2ccc(F)cc2F)CC1. The minimum atomic E-state index is -3.27. The maximum Gasteiger partial charge on any atom is 0.260 e. The molecule has 128 valence electrons. The van der Waals surface area contributed by atoms with Crippen molar-refractivity contribution in [3.8, 4) is 5.75 Å². The molecule has 1 heterocycles. The first kappa shape index (κ1) is 17.6. The molecular weight excluding hydrogens is 330 g/mol. The van der Waals surface area contributed by atoms with Crippen molar-refractivity contribution in [1.82, 2.24) is 9.62 Å². The van der Waals surface area contributed by atoms with Gasteiger partial charge in [-0.1, -0.05) is 0 Å². The maximum absolute atomic E-state index is 13.4. The van der Waals surface area contributed by atoms with Gasteiger partial charge >= 0.3 is 0 Å². The Morgan fingerprint density at radius 3 is 2.57 bits per heavy atom. The fourth-order valence-electron chi connectivity index (χ4n) is 2.37. The van der Waals surface area contributed by atoms with Gasteiger partial charge in [0.1, 0.15) is 5.82 Å². The predicted octanol–water partition coefficient (Wildman–Crippen LogP) is 0.884. The highest BCUT2D eigenvalue weighted by Gasteiger charge is 2.24. The zero-order valence-corrected chi connectivity index (χ0v) is 13.4. The third kappa shape index (κ3) is 5.43. The highest BCUT2D eigenvalue weighted by molar-refractivity contribution is 7.88. The molecule has 1 N–H and O–H groups in total. The number of rotatable bonds is 5. The van der Waals surface area contributed by atoms with Crippen LogP contribution in [0, 0.1) is 11.6 Å². The van der Waals surface area contributed by atoms with Crippen LogP contribution in [0.1, 0.15) is 12.8 Å². The topological polar surface area (TPSA) is 75.7 Å². The fourth-order valence-corrected chi connectivity index (χ4v) is 3.21. The van der Waals surface area contributed by atoms with Gasteiger partial charge in [0.25, 0.3) is 5.91 Å². The van der Waals surface area contributed by atoms with Crippen LogP contribution in [0.15, 0.2) is 18.2 Å². The molecular formula is C14H18F2N2O4S.